The minimum atomic E-state index is -0.172. The molecular formula is C24H31FIN5O. The number of hydrogen-bond donors (Lipinski definition) is 1. The third-order valence-electron chi connectivity index (χ3n) is 5.97. The second kappa shape index (κ2) is 11.5. The molecule has 0 atom stereocenters. The number of para-hydroxylation sites is 1. The third kappa shape index (κ3) is 5.90. The number of anilines is 1. The molecule has 0 spiro atoms. The molecule has 0 radical (unpaired) electrons. The Morgan fingerprint density at radius 2 is 1.78 bits per heavy atom. The summed E-state index contributed by atoms with van der Waals surface area (Å²) < 4.78 is 14.1. The number of aliphatic imine (C=N–C) groups is 1. The average molecular weight is 551 g/mol. The molecule has 0 saturated carbocycles. The molecule has 2 aromatic carbocycles. The van der Waals surface area contributed by atoms with Gasteiger partial charge in [0, 0.05) is 59.3 Å². The van der Waals surface area contributed by atoms with Gasteiger partial charge in [-0.1, -0.05) is 36.4 Å². The Bertz CT molecular complexity index is 945. The molecule has 2 aromatic rings. The van der Waals surface area contributed by atoms with Gasteiger partial charge in [0.1, 0.15) is 5.82 Å². The van der Waals surface area contributed by atoms with Gasteiger partial charge in [0.05, 0.1) is 5.69 Å². The number of hydrogen-bond acceptors (Lipinski definition) is 3. The molecule has 4 rings (SSSR count). The number of piperazine rings is 1. The third-order valence-corrected chi connectivity index (χ3v) is 5.97. The lowest BCUT2D eigenvalue weighted by Crippen LogP contribution is -2.52. The van der Waals surface area contributed by atoms with Crippen LogP contribution in [0.4, 0.5) is 10.1 Å². The Hall–Kier alpha value is -2.36. The van der Waals surface area contributed by atoms with E-state index in [2.05, 4.69) is 38.3 Å². The van der Waals surface area contributed by atoms with E-state index in [-0.39, 0.29) is 35.7 Å². The predicted molar refractivity (Wildman–Crippen MR) is 137 cm³/mol. The molecular weight excluding hydrogens is 520 g/mol. The maximum atomic E-state index is 14.1. The van der Waals surface area contributed by atoms with Crippen molar-refractivity contribution in [3.05, 3.63) is 65.5 Å². The van der Waals surface area contributed by atoms with E-state index in [4.69, 9.17) is 0 Å². The molecule has 1 amide bonds. The van der Waals surface area contributed by atoms with Crippen molar-refractivity contribution in [2.75, 3.05) is 44.7 Å². The Morgan fingerprint density at radius 1 is 1.03 bits per heavy atom. The van der Waals surface area contributed by atoms with Crippen LogP contribution in [-0.4, -0.2) is 61.4 Å². The standard InChI is InChI=1S/C24H30FN5O.HI/c1-26-24(29-14-12-28(13-15-29)22-9-3-2-8-21(22)25)27-17-19-6-4-7-20(16-19)18-30-11-5-10-23(30)31;/h2-4,6-9,16H,5,10-15,17-18H2,1H3,(H,26,27);1H. The highest BCUT2D eigenvalue weighted by Crippen LogP contribution is 2.20. The molecule has 172 valence electrons. The number of halogens is 2. The first kappa shape index (κ1) is 24.3. The summed E-state index contributed by atoms with van der Waals surface area (Å²) in [5.74, 6) is 0.931. The number of guanidine groups is 1. The second-order valence-corrected chi connectivity index (χ2v) is 8.07. The van der Waals surface area contributed by atoms with Crippen molar-refractivity contribution in [2.45, 2.75) is 25.9 Å². The zero-order chi connectivity index (χ0) is 21.6. The fourth-order valence-electron chi connectivity index (χ4n) is 4.31. The zero-order valence-corrected chi connectivity index (χ0v) is 20.8. The zero-order valence-electron chi connectivity index (χ0n) is 18.5. The summed E-state index contributed by atoms with van der Waals surface area (Å²) in [6.07, 6.45) is 1.63. The highest BCUT2D eigenvalue weighted by atomic mass is 127. The highest BCUT2D eigenvalue weighted by Gasteiger charge is 2.22. The summed E-state index contributed by atoms with van der Waals surface area (Å²) in [5.41, 5.74) is 2.98. The van der Waals surface area contributed by atoms with E-state index in [1.807, 2.05) is 23.1 Å². The molecule has 2 saturated heterocycles. The molecule has 0 bridgehead atoms. The van der Waals surface area contributed by atoms with E-state index >= 15 is 0 Å². The van der Waals surface area contributed by atoms with Crippen LogP contribution < -0.4 is 10.2 Å². The molecule has 0 aromatic heterocycles. The number of rotatable bonds is 5. The van der Waals surface area contributed by atoms with E-state index in [1.54, 1.807) is 13.1 Å². The Balaban J connectivity index is 0.00000289. The molecule has 32 heavy (non-hydrogen) atoms. The minimum absolute atomic E-state index is 0. The van der Waals surface area contributed by atoms with Crippen molar-refractivity contribution in [1.82, 2.24) is 15.1 Å². The topological polar surface area (TPSA) is 51.2 Å². The van der Waals surface area contributed by atoms with E-state index < -0.39 is 0 Å². The van der Waals surface area contributed by atoms with Gasteiger partial charge in [-0.25, -0.2) is 4.39 Å². The van der Waals surface area contributed by atoms with Crippen molar-refractivity contribution < 1.29 is 9.18 Å². The fraction of sp³-hybridized carbons (Fsp3) is 0.417. The maximum absolute atomic E-state index is 14.1. The van der Waals surface area contributed by atoms with E-state index in [1.165, 1.54) is 6.07 Å². The first-order valence-corrected chi connectivity index (χ1v) is 10.9. The quantitative estimate of drug-likeness (QED) is 0.352. The summed E-state index contributed by atoms with van der Waals surface area (Å²) in [5, 5.41) is 3.45. The van der Waals surface area contributed by atoms with E-state index in [0.29, 0.717) is 25.2 Å². The van der Waals surface area contributed by atoms with Gasteiger partial charge < -0.3 is 20.0 Å². The Labute approximate surface area is 206 Å². The summed E-state index contributed by atoms with van der Waals surface area (Å²) in [4.78, 5) is 22.6. The van der Waals surface area contributed by atoms with E-state index in [0.717, 1.165) is 56.2 Å². The fourth-order valence-corrected chi connectivity index (χ4v) is 4.31. The summed E-state index contributed by atoms with van der Waals surface area (Å²) in [6.45, 7) is 5.27. The molecule has 0 unspecified atom stereocenters. The van der Waals surface area contributed by atoms with Crippen molar-refractivity contribution in [3.8, 4) is 0 Å². The lowest BCUT2D eigenvalue weighted by Gasteiger charge is -2.37. The van der Waals surface area contributed by atoms with Gasteiger partial charge in [0.2, 0.25) is 5.91 Å². The molecule has 0 aliphatic carbocycles. The number of nitrogens with zero attached hydrogens (tertiary/aromatic N) is 4. The molecule has 2 aliphatic heterocycles. The second-order valence-electron chi connectivity index (χ2n) is 8.07. The normalized spacial score (nSPS) is 16.9. The van der Waals surface area contributed by atoms with Crippen LogP contribution >= 0.6 is 24.0 Å². The predicted octanol–water partition coefficient (Wildman–Crippen LogP) is 3.46. The molecule has 1 N–H and O–H groups in total. The van der Waals surface area contributed by atoms with Crippen LogP contribution in [0.2, 0.25) is 0 Å². The minimum Gasteiger partial charge on any atom is -0.366 e. The smallest absolute Gasteiger partial charge is 0.222 e. The molecule has 2 fully saturated rings. The van der Waals surface area contributed by atoms with Crippen molar-refractivity contribution in [1.29, 1.82) is 0 Å². The van der Waals surface area contributed by atoms with Crippen LogP contribution in [0, 0.1) is 5.82 Å². The number of nitrogens with one attached hydrogen (secondary N) is 1. The number of carbonyl (C=O) groups excluding carboxylic acids is 1. The lowest BCUT2D eigenvalue weighted by molar-refractivity contribution is -0.128. The van der Waals surface area contributed by atoms with Crippen LogP contribution in [0.15, 0.2) is 53.5 Å². The number of amides is 1. The summed E-state index contributed by atoms with van der Waals surface area (Å²) in [6, 6.07) is 15.3. The van der Waals surface area contributed by atoms with Crippen LogP contribution in [0.25, 0.3) is 0 Å². The van der Waals surface area contributed by atoms with Gasteiger partial charge in [-0.15, -0.1) is 24.0 Å². The number of likely N-dealkylation sites (tertiary alicyclic amines) is 1. The van der Waals surface area contributed by atoms with Crippen molar-refractivity contribution in [2.24, 2.45) is 4.99 Å². The molecule has 2 heterocycles. The first-order valence-electron chi connectivity index (χ1n) is 10.9. The summed E-state index contributed by atoms with van der Waals surface area (Å²) >= 11 is 0. The molecule has 8 heteroatoms. The summed E-state index contributed by atoms with van der Waals surface area (Å²) in [7, 11) is 1.79. The van der Waals surface area contributed by atoms with Crippen molar-refractivity contribution >= 4 is 41.5 Å². The average Bonchev–Trinajstić information content (AvgIpc) is 3.19. The molecule has 6 nitrogen and oxygen atoms in total. The van der Waals surface area contributed by atoms with Gasteiger partial charge in [-0.3, -0.25) is 9.79 Å². The van der Waals surface area contributed by atoms with Gasteiger partial charge in [-0.05, 0) is 29.7 Å². The monoisotopic (exact) mass is 551 g/mol. The molecule has 2 aliphatic rings. The van der Waals surface area contributed by atoms with Crippen LogP contribution in [0.5, 0.6) is 0 Å². The van der Waals surface area contributed by atoms with Crippen molar-refractivity contribution in [3.63, 3.8) is 0 Å². The number of benzene rings is 2. The van der Waals surface area contributed by atoms with E-state index in [9.17, 15) is 9.18 Å². The lowest BCUT2D eigenvalue weighted by atomic mass is 10.1. The van der Waals surface area contributed by atoms with Crippen LogP contribution in [0.1, 0.15) is 24.0 Å². The van der Waals surface area contributed by atoms with Crippen LogP contribution in [0.3, 0.4) is 0 Å². The Kier molecular flexibility index (Phi) is 8.72. The Morgan fingerprint density at radius 3 is 2.47 bits per heavy atom. The largest absolute Gasteiger partial charge is 0.366 e. The van der Waals surface area contributed by atoms with Gasteiger partial charge in [-0.2, -0.15) is 0 Å². The maximum Gasteiger partial charge on any atom is 0.222 e. The highest BCUT2D eigenvalue weighted by molar-refractivity contribution is 14.0. The first-order chi connectivity index (χ1) is 15.1. The van der Waals surface area contributed by atoms with Gasteiger partial charge >= 0.3 is 0 Å². The van der Waals surface area contributed by atoms with Gasteiger partial charge in [0.15, 0.2) is 5.96 Å². The number of carbonyl (C=O) groups is 1. The SMILES string of the molecule is CN=C(NCc1cccc(CN2CCCC2=O)c1)N1CCN(c2ccccc2F)CC1.I. The van der Waals surface area contributed by atoms with Gasteiger partial charge in [0.25, 0.3) is 0 Å². The van der Waals surface area contributed by atoms with Crippen LogP contribution in [-0.2, 0) is 17.9 Å².